The topological polar surface area (TPSA) is 58.2 Å². The molecular formula is C18H26N2O2. The number of amides is 2. The van der Waals surface area contributed by atoms with E-state index in [9.17, 15) is 9.59 Å². The zero-order valence-electron chi connectivity index (χ0n) is 13.7. The maximum atomic E-state index is 12.3. The van der Waals surface area contributed by atoms with Crippen molar-refractivity contribution in [3.8, 4) is 0 Å². The minimum absolute atomic E-state index is 0.0129. The van der Waals surface area contributed by atoms with Crippen LogP contribution in [0.5, 0.6) is 0 Å². The smallest absolute Gasteiger partial charge is 0.227 e. The van der Waals surface area contributed by atoms with Crippen molar-refractivity contribution in [3.05, 3.63) is 30.3 Å². The van der Waals surface area contributed by atoms with Gasteiger partial charge in [0.05, 0.1) is 0 Å². The number of anilines is 1. The molecule has 4 nitrogen and oxygen atoms in total. The Balaban J connectivity index is 1.82. The van der Waals surface area contributed by atoms with Gasteiger partial charge in [-0.25, -0.2) is 0 Å². The Hall–Kier alpha value is -1.84. The van der Waals surface area contributed by atoms with Crippen LogP contribution in [-0.2, 0) is 9.59 Å². The molecule has 2 amide bonds. The van der Waals surface area contributed by atoms with Gasteiger partial charge in [0.25, 0.3) is 0 Å². The van der Waals surface area contributed by atoms with Crippen LogP contribution in [0.1, 0.15) is 46.5 Å². The van der Waals surface area contributed by atoms with Crippen molar-refractivity contribution in [2.75, 3.05) is 5.32 Å². The third-order valence-corrected chi connectivity index (χ3v) is 4.01. The van der Waals surface area contributed by atoms with E-state index < -0.39 is 0 Å². The van der Waals surface area contributed by atoms with Crippen molar-refractivity contribution in [3.63, 3.8) is 0 Å². The van der Waals surface area contributed by atoms with E-state index in [2.05, 4.69) is 10.6 Å². The Labute approximate surface area is 132 Å². The highest BCUT2D eigenvalue weighted by atomic mass is 16.2. The molecule has 0 radical (unpaired) electrons. The summed E-state index contributed by atoms with van der Waals surface area (Å²) in [5, 5.41) is 5.99. The molecular weight excluding hydrogens is 276 g/mol. The second-order valence-electron chi connectivity index (χ2n) is 7.14. The van der Waals surface area contributed by atoms with Gasteiger partial charge in [-0.15, -0.1) is 0 Å². The molecule has 4 heteroatoms. The van der Waals surface area contributed by atoms with Gasteiger partial charge in [0.1, 0.15) is 0 Å². The van der Waals surface area contributed by atoms with Crippen LogP contribution in [0.25, 0.3) is 0 Å². The van der Waals surface area contributed by atoms with Gasteiger partial charge in [-0.05, 0) is 58.6 Å². The van der Waals surface area contributed by atoms with Crippen molar-refractivity contribution in [1.82, 2.24) is 5.32 Å². The Morgan fingerprint density at radius 2 is 1.41 bits per heavy atom. The molecule has 1 saturated carbocycles. The van der Waals surface area contributed by atoms with Gasteiger partial charge in [-0.1, -0.05) is 18.2 Å². The van der Waals surface area contributed by atoms with E-state index in [0.717, 1.165) is 31.4 Å². The molecule has 1 aliphatic rings. The number of hydrogen-bond donors (Lipinski definition) is 2. The second kappa shape index (κ2) is 6.95. The molecule has 1 fully saturated rings. The standard InChI is InChI=1S/C18H26N2O2/c1-18(2,3)20-17(22)14-11-9-13(10-12-14)16(21)19-15-7-5-4-6-8-15/h4-8,13-14H,9-12H2,1-3H3,(H,19,21)(H,20,22). The summed E-state index contributed by atoms with van der Waals surface area (Å²) in [6.45, 7) is 5.97. The molecule has 0 aromatic heterocycles. The van der Waals surface area contributed by atoms with Gasteiger partial charge < -0.3 is 10.6 Å². The third-order valence-electron chi connectivity index (χ3n) is 4.01. The van der Waals surface area contributed by atoms with Gasteiger partial charge in [0.2, 0.25) is 11.8 Å². The summed E-state index contributed by atoms with van der Waals surface area (Å²) in [7, 11) is 0. The average molecular weight is 302 g/mol. The number of benzene rings is 1. The SMILES string of the molecule is CC(C)(C)NC(=O)C1CCC(C(=O)Nc2ccccc2)CC1. The number of rotatable bonds is 3. The van der Waals surface area contributed by atoms with Crippen LogP contribution in [0.3, 0.4) is 0 Å². The fourth-order valence-electron chi connectivity index (χ4n) is 2.86. The van der Waals surface area contributed by atoms with Crippen LogP contribution in [0, 0.1) is 11.8 Å². The number of hydrogen-bond acceptors (Lipinski definition) is 2. The summed E-state index contributed by atoms with van der Waals surface area (Å²) in [4.78, 5) is 24.4. The quantitative estimate of drug-likeness (QED) is 0.899. The summed E-state index contributed by atoms with van der Waals surface area (Å²) >= 11 is 0. The number of carbonyl (C=O) groups is 2. The lowest BCUT2D eigenvalue weighted by atomic mass is 9.81. The minimum atomic E-state index is -0.196. The Morgan fingerprint density at radius 1 is 0.909 bits per heavy atom. The molecule has 0 heterocycles. The molecule has 0 atom stereocenters. The summed E-state index contributed by atoms with van der Waals surface area (Å²) in [5.74, 6) is 0.245. The highest BCUT2D eigenvalue weighted by Gasteiger charge is 2.31. The lowest BCUT2D eigenvalue weighted by molar-refractivity contribution is -0.129. The Kier molecular flexibility index (Phi) is 5.22. The molecule has 0 bridgehead atoms. The normalized spacial score (nSPS) is 22.0. The van der Waals surface area contributed by atoms with Crippen molar-refractivity contribution in [2.45, 2.75) is 52.0 Å². The first kappa shape index (κ1) is 16.5. The van der Waals surface area contributed by atoms with Crippen LogP contribution in [0.2, 0.25) is 0 Å². The molecule has 0 aliphatic heterocycles. The van der Waals surface area contributed by atoms with E-state index in [1.807, 2.05) is 51.1 Å². The van der Waals surface area contributed by atoms with E-state index in [1.54, 1.807) is 0 Å². The number of carbonyl (C=O) groups excluding carboxylic acids is 2. The number of nitrogens with one attached hydrogen (secondary N) is 2. The number of para-hydroxylation sites is 1. The first-order valence-corrected chi connectivity index (χ1v) is 8.03. The second-order valence-corrected chi connectivity index (χ2v) is 7.14. The van der Waals surface area contributed by atoms with Gasteiger partial charge in [0.15, 0.2) is 0 Å². The van der Waals surface area contributed by atoms with Crippen molar-refractivity contribution >= 4 is 17.5 Å². The van der Waals surface area contributed by atoms with Crippen LogP contribution < -0.4 is 10.6 Å². The van der Waals surface area contributed by atoms with E-state index in [-0.39, 0.29) is 29.2 Å². The summed E-state index contributed by atoms with van der Waals surface area (Å²) in [6.07, 6.45) is 3.13. The fraction of sp³-hybridized carbons (Fsp3) is 0.556. The average Bonchev–Trinajstić information content (AvgIpc) is 2.46. The van der Waals surface area contributed by atoms with Gasteiger partial charge in [-0.3, -0.25) is 9.59 Å². The van der Waals surface area contributed by atoms with E-state index in [0.29, 0.717) is 0 Å². The molecule has 22 heavy (non-hydrogen) atoms. The van der Waals surface area contributed by atoms with Gasteiger partial charge >= 0.3 is 0 Å². The third kappa shape index (κ3) is 4.86. The van der Waals surface area contributed by atoms with Crippen LogP contribution in [-0.4, -0.2) is 17.4 Å². The van der Waals surface area contributed by atoms with E-state index >= 15 is 0 Å². The highest BCUT2D eigenvalue weighted by molar-refractivity contribution is 5.92. The maximum absolute atomic E-state index is 12.3. The maximum Gasteiger partial charge on any atom is 0.227 e. The summed E-state index contributed by atoms with van der Waals surface area (Å²) in [5.41, 5.74) is 0.638. The Bertz CT molecular complexity index is 512. The molecule has 0 saturated heterocycles. The predicted molar refractivity (Wildman–Crippen MR) is 88.4 cm³/mol. The molecule has 1 aromatic carbocycles. The van der Waals surface area contributed by atoms with Crippen molar-refractivity contribution < 1.29 is 9.59 Å². The molecule has 0 spiro atoms. The minimum Gasteiger partial charge on any atom is -0.351 e. The van der Waals surface area contributed by atoms with E-state index in [1.165, 1.54) is 0 Å². The molecule has 2 rings (SSSR count). The monoisotopic (exact) mass is 302 g/mol. The molecule has 2 N–H and O–H groups in total. The predicted octanol–water partition coefficient (Wildman–Crippen LogP) is 3.35. The van der Waals surface area contributed by atoms with Crippen LogP contribution in [0.15, 0.2) is 30.3 Å². The lowest BCUT2D eigenvalue weighted by Gasteiger charge is -2.30. The zero-order chi connectivity index (χ0) is 16.2. The summed E-state index contributed by atoms with van der Waals surface area (Å²) < 4.78 is 0. The van der Waals surface area contributed by atoms with Gasteiger partial charge in [-0.2, -0.15) is 0 Å². The zero-order valence-corrected chi connectivity index (χ0v) is 13.7. The largest absolute Gasteiger partial charge is 0.351 e. The first-order chi connectivity index (χ1) is 10.3. The van der Waals surface area contributed by atoms with E-state index in [4.69, 9.17) is 0 Å². The summed E-state index contributed by atoms with van der Waals surface area (Å²) in [6, 6.07) is 9.52. The molecule has 1 aliphatic carbocycles. The fourth-order valence-corrected chi connectivity index (χ4v) is 2.86. The van der Waals surface area contributed by atoms with Crippen LogP contribution >= 0.6 is 0 Å². The van der Waals surface area contributed by atoms with Crippen molar-refractivity contribution in [1.29, 1.82) is 0 Å². The first-order valence-electron chi connectivity index (χ1n) is 8.03. The van der Waals surface area contributed by atoms with Gasteiger partial charge in [0, 0.05) is 23.1 Å². The molecule has 1 aromatic rings. The molecule has 0 unspecified atom stereocenters. The molecule has 120 valence electrons. The van der Waals surface area contributed by atoms with Crippen LogP contribution in [0.4, 0.5) is 5.69 Å². The van der Waals surface area contributed by atoms with Crippen molar-refractivity contribution in [2.24, 2.45) is 11.8 Å². The highest BCUT2D eigenvalue weighted by Crippen LogP contribution is 2.30. The lowest BCUT2D eigenvalue weighted by Crippen LogP contribution is -2.45. The Morgan fingerprint density at radius 3 is 1.91 bits per heavy atom.